The zero-order valence-electron chi connectivity index (χ0n) is 6.51. The molecular formula is C7H12O2S. The molecule has 0 bridgehead atoms. The molecule has 2 nitrogen and oxygen atoms in total. The first kappa shape index (κ1) is 7.79. The highest BCUT2D eigenvalue weighted by atomic mass is 32.1. The quantitative estimate of drug-likeness (QED) is 0.504. The summed E-state index contributed by atoms with van der Waals surface area (Å²) < 4.78 is 10.4. The molecule has 58 valence electrons. The number of hydrogen-bond acceptors (Lipinski definition) is 3. The van der Waals surface area contributed by atoms with Crippen molar-refractivity contribution in [2.24, 2.45) is 0 Å². The lowest BCUT2D eigenvalue weighted by molar-refractivity contribution is -0.0431. The van der Waals surface area contributed by atoms with Gasteiger partial charge in [-0.25, -0.2) is 0 Å². The van der Waals surface area contributed by atoms with Gasteiger partial charge in [-0.3, -0.25) is 0 Å². The lowest BCUT2D eigenvalue weighted by Crippen LogP contribution is -2.39. The molecule has 3 heteroatoms. The molecule has 1 saturated heterocycles. The molecule has 0 aromatic carbocycles. The molecule has 1 aliphatic rings. The molecule has 0 N–H and O–H groups in total. The lowest BCUT2D eigenvalue weighted by Gasteiger charge is -2.34. The Morgan fingerprint density at radius 3 is 2.60 bits per heavy atom. The summed E-state index contributed by atoms with van der Waals surface area (Å²) in [7, 11) is 0. The minimum atomic E-state index is -0.144. The molecule has 0 radical (unpaired) electrons. The molecule has 1 fully saturated rings. The van der Waals surface area contributed by atoms with Crippen molar-refractivity contribution in [2.75, 3.05) is 0 Å². The van der Waals surface area contributed by atoms with Crippen molar-refractivity contribution in [3.8, 4) is 0 Å². The monoisotopic (exact) mass is 160 g/mol. The van der Waals surface area contributed by atoms with E-state index in [1.807, 2.05) is 20.8 Å². The second kappa shape index (κ2) is 2.38. The van der Waals surface area contributed by atoms with Gasteiger partial charge < -0.3 is 9.47 Å². The summed E-state index contributed by atoms with van der Waals surface area (Å²) in [6.07, 6.45) is 1.09. The van der Waals surface area contributed by atoms with E-state index in [2.05, 4.69) is 0 Å². The Hall–Kier alpha value is -0.310. The van der Waals surface area contributed by atoms with Crippen molar-refractivity contribution in [3.63, 3.8) is 0 Å². The molecule has 0 spiro atoms. The van der Waals surface area contributed by atoms with Gasteiger partial charge in [-0.05, 0) is 20.8 Å². The van der Waals surface area contributed by atoms with Crippen LogP contribution in [-0.2, 0) is 9.47 Å². The molecule has 0 amide bonds. The zero-order valence-corrected chi connectivity index (χ0v) is 7.33. The highest BCUT2D eigenvalue weighted by molar-refractivity contribution is 7.79. The van der Waals surface area contributed by atoms with Gasteiger partial charge in [0.25, 0.3) is 0 Å². The van der Waals surface area contributed by atoms with E-state index in [9.17, 15) is 0 Å². The molecule has 10 heavy (non-hydrogen) atoms. The van der Waals surface area contributed by atoms with E-state index in [4.69, 9.17) is 21.7 Å². The van der Waals surface area contributed by atoms with E-state index in [0.717, 1.165) is 6.42 Å². The zero-order chi connectivity index (χ0) is 7.78. The normalized spacial score (nSPS) is 30.7. The molecule has 1 aliphatic heterocycles. The van der Waals surface area contributed by atoms with Crippen LogP contribution in [0.15, 0.2) is 0 Å². The predicted molar refractivity (Wildman–Crippen MR) is 42.9 cm³/mol. The van der Waals surface area contributed by atoms with E-state index in [1.165, 1.54) is 0 Å². The SMILES string of the molecule is CC1CC(C)(C)OC(=S)O1. The Morgan fingerprint density at radius 1 is 1.60 bits per heavy atom. The fourth-order valence-corrected chi connectivity index (χ4v) is 1.58. The van der Waals surface area contributed by atoms with Crippen LogP contribution >= 0.6 is 12.2 Å². The van der Waals surface area contributed by atoms with Crippen LogP contribution in [0.1, 0.15) is 27.2 Å². The molecule has 1 atom stereocenters. The average molecular weight is 160 g/mol. The minimum absolute atomic E-state index is 0.144. The van der Waals surface area contributed by atoms with Gasteiger partial charge in [-0.2, -0.15) is 0 Å². The van der Waals surface area contributed by atoms with Crippen LogP contribution in [0, 0.1) is 0 Å². The summed E-state index contributed by atoms with van der Waals surface area (Å²) in [5.41, 5.74) is -0.144. The number of thiocarbonyl (C=S) groups is 1. The summed E-state index contributed by atoms with van der Waals surface area (Å²) in [4.78, 5) is 0. The van der Waals surface area contributed by atoms with Gasteiger partial charge in [0, 0.05) is 18.6 Å². The van der Waals surface area contributed by atoms with Crippen molar-refractivity contribution in [1.82, 2.24) is 0 Å². The Bertz CT molecular complexity index is 154. The highest BCUT2D eigenvalue weighted by Gasteiger charge is 2.30. The Morgan fingerprint density at radius 2 is 2.20 bits per heavy atom. The largest absolute Gasteiger partial charge is 0.454 e. The summed E-state index contributed by atoms with van der Waals surface area (Å²) in [6.45, 7) is 6.02. The van der Waals surface area contributed by atoms with Crippen LogP contribution in [-0.4, -0.2) is 16.9 Å². The van der Waals surface area contributed by atoms with Crippen LogP contribution < -0.4 is 0 Å². The highest BCUT2D eigenvalue weighted by Crippen LogP contribution is 2.24. The van der Waals surface area contributed by atoms with E-state index in [1.54, 1.807) is 0 Å². The van der Waals surface area contributed by atoms with E-state index >= 15 is 0 Å². The topological polar surface area (TPSA) is 18.5 Å². The first-order valence-corrected chi connectivity index (χ1v) is 3.80. The van der Waals surface area contributed by atoms with Crippen LogP contribution in [0.5, 0.6) is 0 Å². The third-order valence-corrected chi connectivity index (χ3v) is 1.62. The van der Waals surface area contributed by atoms with Gasteiger partial charge in [-0.15, -0.1) is 0 Å². The second-order valence-electron chi connectivity index (χ2n) is 3.24. The van der Waals surface area contributed by atoms with Crippen molar-refractivity contribution in [3.05, 3.63) is 0 Å². The van der Waals surface area contributed by atoms with Gasteiger partial charge in [0.05, 0.1) is 0 Å². The van der Waals surface area contributed by atoms with Crippen molar-refractivity contribution in [2.45, 2.75) is 38.9 Å². The maximum atomic E-state index is 5.25. The number of rotatable bonds is 0. The fraction of sp³-hybridized carbons (Fsp3) is 0.857. The number of hydrogen-bond donors (Lipinski definition) is 0. The second-order valence-corrected chi connectivity index (χ2v) is 3.58. The van der Waals surface area contributed by atoms with Gasteiger partial charge in [0.1, 0.15) is 11.7 Å². The summed E-state index contributed by atoms with van der Waals surface area (Å²) >= 11 is 4.79. The van der Waals surface area contributed by atoms with Gasteiger partial charge >= 0.3 is 5.24 Å². The van der Waals surface area contributed by atoms with Gasteiger partial charge in [0.15, 0.2) is 0 Å². The molecule has 0 aromatic heterocycles. The van der Waals surface area contributed by atoms with Crippen molar-refractivity contribution >= 4 is 17.5 Å². The van der Waals surface area contributed by atoms with Crippen molar-refractivity contribution in [1.29, 1.82) is 0 Å². The smallest absolute Gasteiger partial charge is 0.353 e. The summed E-state index contributed by atoms with van der Waals surface area (Å²) in [5, 5.41) is 0.281. The molecular weight excluding hydrogens is 148 g/mol. The van der Waals surface area contributed by atoms with Crippen LogP contribution in [0.4, 0.5) is 0 Å². The minimum Gasteiger partial charge on any atom is -0.454 e. The Balaban J connectivity index is 2.59. The average Bonchev–Trinajstić information content (AvgIpc) is 1.54. The van der Waals surface area contributed by atoms with Crippen LogP contribution in [0.2, 0.25) is 0 Å². The first-order chi connectivity index (χ1) is 4.49. The maximum absolute atomic E-state index is 5.25. The summed E-state index contributed by atoms with van der Waals surface area (Å²) in [6, 6.07) is 0. The lowest BCUT2D eigenvalue weighted by atomic mass is 10.0. The van der Waals surface area contributed by atoms with Crippen LogP contribution in [0.3, 0.4) is 0 Å². The maximum Gasteiger partial charge on any atom is 0.353 e. The van der Waals surface area contributed by atoms with Crippen LogP contribution in [0.25, 0.3) is 0 Å². The molecule has 1 rings (SSSR count). The molecule has 0 saturated carbocycles. The van der Waals surface area contributed by atoms with Crippen molar-refractivity contribution < 1.29 is 9.47 Å². The van der Waals surface area contributed by atoms with Gasteiger partial charge in [-0.1, -0.05) is 0 Å². The molecule has 1 unspecified atom stereocenters. The van der Waals surface area contributed by atoms with E-state index in [0.29, 0.717) is 0 Å². The third-order valence-electron chi connectivity index (χ3n) is 1.44. The molecule has 0 aromatic rings. The third kappa shape index (κ3) is 1.84. The van der Waals surface area contributed by atoms with E-state index < -0.39 is 0 Å². The number of ether oxygens (including phenoxy) is 2. The first-order valence-electron chi connectivity index (χ1n) is 3.39. The Labute approximate surface area is 66.5 Å². The molecule has 0 aliphatic carbocycles. The van der Waals surface area contributed by atoms with E-state index in [-0.39, 0.29) is 16.9 Å². The predicted octanol–water partition coefficient (Wildman–Crippen LogP) is 1.88. The summed E-state index contributed by atoms with van der Waals surface area (Å²) in [5.74, 6) is 0. The fourth-order valence-electron chi connectivity index (χ4n) is 1.19. The van der Waals surface area contributed by atoms with Gasteiger partial charge in [0.2, 0.25) is 0 Å². The Kier molecular flexibility index (Phi) is 1.86. The molecule has 1 heterocycles. The standard InChI is InChI=1S/C7H12O2S/c1-5-4-7(2,3)9-6(10)8-5/h5H,4H2,1-3H3.